The summed E-state index contributed by atoms with van der Waals surface area (Å²) in [6, 6.07) is 6.44. The van der Waals surface area contributed by atoms with Crippen molar-refractivity contribution in [3.8, 4) is 0 Å². The number of benzene rings is 1. The zero-order chi connectivity index (χ0) is 20.1. The molecule has 1 fully saturated rings. The molecule has 148 valence electrons. The number of H-pyrrole nitrogens is 2. The zero-order valence-electron chi connectivity index (χ0n) is 15.7. The summed E-state index contributed by atoms with van der Waals surface area (Å²) in [7, 11) is 1.27. The van der Waals surface area contributed by atoms with Crippen molar-refractivity contribution >= 4 is 11.9 Å². The number of carbonyl (C=O) groups is 2. The Labute approximate surface area is 161 Å². The molecular weight excluding hydrogens is 362 g/mol. The number of hydrogen-bond donors (Lipinski definition) is 2. The summed E-state index contributed by atoms with van der Waals surface area (Å²) in [6.45, 7) is 0.0467. The first kappa shape index (κ1) is 19.6. The van der Waals surface area contributed by atoms with Gasteiger partial charge in [0.05, 0.1) is 30.3 Å². The fourth-order valence-corrected chi connectivity index (χ4v) is 3.61. The van der Waals surface area contributed by atoms with Crippen LogP contribution in [0.15, 0.2) is 40.1 Å². The topological polar surface area (TPSA) is 112 Å². The van der Waals surface area contributed by atoms with Gasteiger partial charge in [-0.2, -0.15) is 0 Å². The molecule has 8 heteroatoms. The third-order valence-electron chi connectivity index (χ3n) is 5.08. The van der Waals surface area contributed by atoms with E-state index < -0.39 is 17.2 Å². The molecule has 28 heavy (non-hydrogen) atoms. The van der Waals surface area contributed by atoms with Gasteiger partial charge in [-0.3, -0.25) is 14.6 Å². The van der Waals surface area contributed by atoms with Crippen molar-refractivity contribution < 1.29 is 14.3 Å². The highest BCUT2D eigenvalue weighted by Gasteiger charge is 2.29. The van der Waals surface area contributed by atoms with Gasteiger partial charge < -0.3 is 14.6 Å². The zero-order valence-corrected chi connectivity index (χ0v) is 15.7. The quantitative estimate of drug-likeness (QED) is 0.763. The van der Waals surface area contributed by atoms with Crippen molar-refractivity contribution in [2.24, 2.45) is 0 Å². The Bertz CT molecular complexity index is 972. The number of rotatable bonds is 5. The Balaban J connectivity index is 1.99. The van der Waals surface area contributed by atoms with Crippen molar-refractivity contribution in [3.05, 3.63) is 68.0 Å². The number of methoxy groups -OCH3 is 1. The van der Waals surface area contributed by atoms with E-state index in [1.807, 2.05) is 0 Å². The standard InChI is InChI=1S/C20H23N3O5/c1-28-19(26)16-10-6-5-9-15(16)18(25)23(14-7-3-2-4-8-14)12-13-11-21-20(27)22-17(13)24/h5-6,9-11,14H,2-4,7-8,12H2,1H3,(H2,21,22,24,27). The number of nitrogens with zero attached hydrogens (tertiary/aromatic N) is 1. The number of aromatic nitrogens is 2. The molecule has 0 radical (unpaired) electrons. The van der Waals surface area contributed by atoms with Gasteiger partial charge in [0.1, 0.15) is 0 Å². The van der Waals surface area contributed by atoms with E-state index in [4.69, 9.17) is 4.74 Å². The summed E-state index contributed by atoms with van der Waals surface area (Å²) in [6.07, 6.45) is 6.08. The predicted octanol–water partition coefficient (Wildman–Crippen LogP) is 1.82. The molecule has 1 saturated carbocycles. The lowest BCUT2D eigenvalue weighted by Crippen LogP contribution is -2.43. The Kier molecular flexibility index (Phi) is 6.08. The second kappa shape index (κ2) is 8.69. The third-order valence-corrected chi connectivity index (χ3v) is 5.08. The van der Waals surface area contributed by atoms with E-state index in [2.05, 4.69) is 9.97 Å². The lowest BCUT2D eigenvalue weighted by Gasteiger charge is -2.34. The lowest BCUT2D eigenvalue weighted by atomic mass is 9.93. The van der Waals surface area contributed by atoms with Crippen molar-refractivity contribution in [2.75, 3.05) is 7.11 Å². The van der Waals surface area contributed by atoms with Crippen molar-refractivity contribution in [1.82, 2.24) is 14.9 Å². The van der Waals surface area contributed by atoms with Crippen LogP contribution in [0.2, 0.25) is 0 Å². The number of ether oxygens (including phenoxy) is 1. The van der Waals surface area contributed by atoms with Gasteiger partial charge >= 0.3 is 11.7 Å². The molecule has 0 unspecified atom stereocenters. The molecule has 2 N–H and O–H groups in total. The van der Waals surface area contributed by atoms with E-state index in [1.54, 1.807) is 29.2 Å². The maximum atomic E-state index is 13.4. The smallest absolute Gasteiger partial charge is 0.338 e. The highest BCUT2D eigenvalue weighted by atomic mass is 16.5. The Morgan fingerprint density at radius 3 is 2.43 bits per heavy atom. The van der Waals surface area contributed by atoms with Gasteiger partial charge in [-0.25, -0.2) is 9.59 Å². The normalized spacial score (nSPS) is 14.5. The summed E-state index contributed by atoms with van der Waals surface area (Å²) in [4.78, 5) is 55.2. The van der Waals surface area contributed by atoms with Crippen LogP contribution in [0.5, 0.6) is 0 Å². The van der Waals surface area contributed by atoms with Gasteiger partial charge in [0.2, 0.25) is 0 Å². The molecule has 0 aliphatic heterocycles. The van der Waals surface area contributed by atoms with Crippen LogP contribution in [-0.2, 0) is 11.3 Å². The Hall–Kier alpha value is -3.16. The molecule has 3 rings (SSSR count). The second-order valence-electron chi connectivity index (χ2n) is 6.86. The number of aromatic amines is 2. The molecule has 1 aromatic carbocycles. The molecule has 2 aromatic rings. The van der Waals surface area contributed by atoms with Gasteiger partial charge in [0, 0.05) is 12.2 Å². The van der Waals surface area contributed by atoms with Crippen LogP contribution < -0.4 is 11.2 Å². The van der Waals surface area contributed by atoms with E-state index in [-0.39, 0.29) is 35.2 Å². The highest BCUT2D eigenvalue weighted by molar-refractivity contribution is 6.05. The maximum Gasteiger partial charge on any atom is 0.338 e. The van der Waals surface area contributed by atoms with Crippen molar-refractivity contribution in [2.45, 2.75) is 44.7 Å². The van der Waals surface area contributed by atoms with E-state index in [1.165, 1.54) is 13.3 Å². The molecule has 8 nitrogen and oxygen atoms in total. The van der Waals surface area contributed by atoms with Gasteiger partial charge in [-0.15, -0.1) is 0 Å². The van der Waals surface area contributed by atoms with Gasteiger partial charge in [-0.1, -0.05) is 31.4 Å². The number of carbonyl (C=O) groups excluding carboxylic acids is 2. The first-order chi connectivity index (χ1) is 13.5. The van der Waals surface area contributed by atoms with Crippen LogP contribution in [0.3, 0.4) is 0 Å². The van der Waals surface area contributed by atoms with Gasteiger partial charge in [-0.05, 0) is 25.0 Å². The monoisotopic (exact) mass is 385 g/mol. The molecule has 0 spiro atoms. The highest BCUT2D eigenvalue weighted by Crippen LogP contribution is 2.26. The fraction of sp³-hybridized carbons (Fsp3) is 0.400. The second-order valence-corrected chi connectivity index (χ2v) is 6.86. The van der Waals surface area contributed by atoms with E-state index in [0.29, 0.717) is 0 Å². The average molecular weight is 385 g/mol. The molecule has 1 aliphatic rings. The molecular formula is C20H23N3O5. The minimum atomic E-state index is -0.597. The van der Waals surface area contributed by atoms with Crippen LogP contribution in [0.4, 0.5) is 0 Å². The summed E-state index contributed by atoms with van der Waals surface area (Å²) in [5, 5.41) is 0. The van der Waals surface area contributed by atoms with E-state index in [9.17, 15) is 19.2 Å². The fourth-order valence-electron chi connectivity index (χ4n) is 3.61. The predicted molar refractivity (Wildman–Crippen MR) is 102 cm³/mol. The number of hydrogen-bond acceptors (Lipinski definition) is 5. The average Bonchev–Trinajstić information content (AvgIpc) is 2.73. The molecule has 1 aliphatic carbocycles. The Morgan fingerprint density at radius 1 is 1.11 bits per heavy atom. The molecule has 0 atom stereocenters. The van der Waals surface area contributed by atoms with Crippen LogP contribution >= 0.6 is 0 Å². The minimum absolute atomic E-state index is 0.0433. The molecule has 0 bridgehead atoms. The van der Waals surface area contributed by atoms with Crippen LogP contribution in [0, 0.1) is 0 Å². The first-order valence-corrected chi connectivity index (χ1v) is 9.30. The van der Waals surface area contributed by atoms with Gasteiger partial charge in [0.25, 0.3) is 11.5 Å². The number of nitrogens with one attached hydrogen (secondary N) is 2. The maximum absolute atomic E-state index is 13.4. The van der Waals surface area contributed by atoms with E-state index in [0.717, 1.165) is 32.1 Å². The summed E-state index contributed by atoms with van der Waals surface area (Å²) < 4.78 is 4.80. The van der Waals surface area contributed by atoms with Crippen LogP contribution in [-0.4, -0.2) is 39.9 Å². The summed E-state index contributed by atoms with van der Waals surface area (Å²) >= 11 is 0. The van der Waals surface area contributed by atoms with Gasteiger partial charge in [0.15, 0.2) is 0 Å². The largest absolute Gasteiger partial charge is 0.465 e. The number of amides is 1. The van der Waals surface area contributed by atoms with Crippen molar-refractivity contribution in [1.29, 1.82) is 0 Å². The van der Waals surface area contributed by atoms with Crippen LogP contribution in [0.1, 0.15) is 58.4 Å². The lowest BCUT2D eigenvalue weighted by molar-refractivity contribution is 0.0563. The summed E-state index contributed by atoms with van der Waals surface area (Å²) in [5.74, 6) is -0.923. The SMILES string of the molecule is COC(=O)c1ccccc1C(=O)N(Cc1c[nH]c(=O)[nH]c1=O)C1CCCCC1. The van der Waals surface area contributed by atoms with E-state index >= 15 is 0 Å². The first-order valence-electron chi connectivity index (χ1n) is 9.30. The minimum Gasteiger partial charge on any atom is -0.465 e. The third kappa shape index (κ3) is 4.21. The summed E-state index contributed by atoms with van der Waals surface area (Å²) in [5.41, 5.74) is -0.417. The van der Waals surface area contributed by atoms with Crippen molar-refractivity contribution in [3.63, 3.8) is 0 Å². The molecule has 1 aromatic heterocycles. The molecule has 0 saturated heterocycles. The molecule has 1 amide bonds. The van der Waals surface area contributed by atoms with Crippen LogP contribution in [0.25, 0.3) is 0 Å². The Morgan fingerprint density at radius 2 is 1.79 bits per heavy atom. The number of esters is 1. The molecule has 1 heterocycles.